The second-order valence-electron chi connectivity index (χ2n) is 8.49. The molecule has 36 heavy (non-hydrogen) atoms. The lowest BCUT2D eigenvalue weighted by molar-refractivity contribution is -0.180. The van der Waals surface area contributed by atoms with E-state index in [-0.39, 0.29) is 12.0 Å². The third-order valence-corrected chi connectivity index (χ3v) is 5.83. The summed E-state index contributed by atoms with van der Waals surface area (Å²) in [6, 6.07) is 13.8. The van der Waals surface area contributed by atoms with Gasteiger partial charge in [-0.05, 0) is 46.4 Å². The SMILES string of the molecule is CCCc1ccc(-c2ccc3cc(CCC(F)(F)Oc4cc(F)c(F)c(F)c4)ccc3c2)c(F)c1F. The lowest BCUT2D eigenvalue weighted by Crippen LogP contribution is -2.25. The van der Waals surface area contributed by atoms with Gasteiger partial charge >= 0.3 is 6.11 Å². The first-order valence-corrected chi connectivity index (χ1v) is 11.3. The van der Waals surface area contributed by atoms with Crippen molar-refractivity contribution in [3.05, 3.63) is 101 Å². The van der Waals surface area contributed by atoms with E-state index >= 15 is 0 Å². The van der Waals surface area contributed by atoms with Crippen molar-refractivity contribution in [2.45, 2.75) is 38.7 Å². The molecule has 0 heterocycles. The van der Waals surface area contributed by atoms with Crippen molar-refractivity contribution in [1.82, 2.24) is 0 Å². The summed E-state index contributed by atoms with van der Waals surface area (Å²) >= 11 is 0. The fraction of sp³-hybridized carbons (Fsp3) is 0.214. The van der Waals surface area contributed by atoms with Crippen LogP contribution in [0, 0.1) is 29.1 Å². The minimum absolute atomic E-state index is 0.129. The van der Waals surface area contributed by atoms with Crippen LogP contribution in [0.1, 0.15) is 30.9 Å². The molecule has 0 aromatic heterocycles. The summed E-state index contributed by atoms with van der Waals surface area (Å²) in [7, 11) is 0. The Morgan fingerprint density at radius 2 is 1.36 bits per heavy atom. The maximum absolute atomic E-state index is 14.6. The number of alkyl halides is 2. The molecule has 4 aromatic carbocycles. The summed E-state index contributed by atoms with van der Waals surface area (Å²) in [5, 5.41) is 1.40. The van der Waals surface area contributed by atoms with E-state index in [9.17, 15) is 30.7 Å². The molecule has 0 radical (unpaired) electrons. The normalized spacial score (nSPS) is 11.8. The molecule has 188 valence electrons. The average molecular weight is 506 g/mol. The number of rotatable bonds is 8. The molecule has 0 saturated heterocycles. The van der Waals surface area contributed by atoms with Crippen molar-refractivity contribution < 1.29 is 35.5 Å². The highest BCUT2D eigenvalue weighted by Crippen LogP contribution is 2.32. The Morgan fingerprint density at radius 3 is 2.06 bits per heavy atom. The van der Waals surface area contributed by atoms with Gasteiger partial charge in [0.25, 0.3) is 0 Å². The Kier molecular flexibility index (Phi) is 7.24. The second-order valence-corrected chi connectivity index (χ2v) is 8.49. The van der Waals surface area contributed by atoms with Crippen molar-refractivity contribution in [2.24, 2.45) is 0 Å². The summed E-state index contributed by atoms with van der Waals surface area (Å²) in [6.45, 7) is 1.88. The zero-order chi connectivity index (χ0) is 26.0. The van der Waals surface area contributed by atoms with E-state index in [2.05, 4.69) is 4.74 Å². The highest BCUT2D eigenvalue weighted by atomic mass is 19.3. The first-order valence-electron chi connectivity index (χ1n) is 11.3. The third-order valence-electron chi connectivity index (χ3n) is 5.83. The minimum Gasteiger partial charge on any atom is -0.432 e. The van der Waals surface area contributed by atoms with Crippen LogP contribution < -0.4 is 4.74 Å². The predicted molar refractivity (Wildman–Crippen MR) is 124 cm³/mol. The maximum atomic E-state index is 14.6. The summed E-state index contributed by atoms with van der Waals surface area (Å²) in [5.74, 6) is -7.64. The van der Waals surface area contributed by atoms with Crippen LogP contribution in [0.4, 0.5) is 30.7 Å². The lowest BCUT2D eigenvalue weighted by Gasteiger charge is -2.18. The largest absolute Gasteiger partial charge is 0.432 e. The van der Waals surface area contributed by atoms with Crippen LogP contribution in [-0.2, 0) is 12.8 Å². The van der Waals surface area contributed by atoms with E-state index in [4.69, 9.17) is 0 Å². The molecule has 4 aromatic rings. The van der Waals surface area contributed by atoms with E-state index in [1.54, 1.807) is 48.5 Å². The summed E-state index contributed by atoms with van der Waals surface area (Å²) in [4.78, 5) is 0. The number of ether oxygens (including phenoxy) is 1. The fourth-order valence-electron chi connectivity index (χ4n) is 4.00. The number of aryl methyl sites for hydroxylation is 2. The molecule has 0 N–H and O–H groups in total. The second kappa shape index (κ2) is 10.2. The molecule has 0 unspecified atom stereocenters. The smallest absolute Gasteiger partial charge is 0.398 e. The van der Waals surface area contributed by atoms with Gasteiger partial charge in [-0.3, -0.25) is 0 Å². The van der Waals surface area contributed by atoms with Gasteiger partial charge in [0, 0.05) is 17.7 Å². The average Bonchev–Trinajstić information content (AvgIpc) is 2.84. The standard InChI is InChI=1S/C28H21F7O/c1-2-3-17-8-9-22(26(32)25(17)31)20-7-6-18-12-16(4-5-19(18)13-20)10-11-28(34,35)36-21-14-23(29)27(33)24(30)15-21/h4-9,12-15H,2-3,10-11H2,1H3. The Morgan fingerprint density at radius 1 is 0.694 bits per heavy atom. The summed E-state index contributed by atoms with van der Waals surface area (Å²) < 4.78 is 101. The quantitative estimate of drug-likeness (QED) is 0.171. The zero-order valence-electron chi connectivity index (χ0n) is 19.2. The van der Waals surface area contributed by atoms with Crippen molar-refractivity contribution in [2.75, 3.05) is 0 Å². The Labute approximate surface area is 203 Å². The van der Waals surface area contributed by atoms with Gasteiger partial charge in [0.1, 0.15) is 5.75 Å². The number of hydrogen-bond donors (Lipinski definition) is 0. The zero-order valence-corrected chi connectivity index (χ0v) is 19.2. The Balaban J connectivity index is 1.49. The minimum atomic E-state index is -3.76. The van der Waals surface area contributed by atoms with Crippen LogP contribution in [0.2, 0.25) is 0 Å². The fourth-order valence-corrected chi connectivity index (χ4v) is 4.00. The van der Waals surface area contributed by atoms with Gasteiger partial charge < -0.3 is 4.74 Å². The summed E-state index contributed by atoms with van der Waals surface area (Å²) in [5.41, 5.74) is 1.47. The topological polar surface area (TPSA) is 9.23 Å². The first-order chi connectivity index (χ1) is 17.1. The predicted octanol–water partition coefficient (Wildman–Crippen LogP) is 8.76. The molecule has 4 rings (SSSR count). The van der Waals surface area contributed by atoms with E-state index in [0.717, 1.165) is 0 Å². The van der Waals surface area contributed by atoms with Crippen LogP contribution in [0.25, 0.3) is 21.9 Å². The van der Waals surface area contributed by atoms with Crippen LogP contribution >= 0.6 is 0 Å². The van der Waals surface area contributed by atoms with Crippen LogP contribution in [0.3, 0.4) is 0 Å². The molecule has 0 spiro atoms. The number of hydrogen-bond acceptors (Lipinski definition) is 1. The van der Waals surface area contributed by atoms with Gasteiger partial charge in [-0.15, -0.1) is 0 Å². The van der Waals surface area contributed by atoms with Gasteiger partial charge in [-0.1, -0.05) is 55.8 Å². The van der Waals surface area contributed by atoms with E-state index in [1.807, 2.05) is 6.92 Å². The Hall–Kier alpha value is -3.55. The molecular weight excluding hydrogens is 485 g/mol. The maximum Gasteiger partial charge on any atom is 0.398 e. The molecule has 0 aliphatic heterocycles. The van der Waals surface area contributed by atoms with Crippen molar-refractivity contribution >= 4 is 10.8 Å². The third kappa shape index (κ3) is 5.48. The highest BCUT2D eigenvalue weighted by Gasteiger charge is 2.32. The van der Waals surface area contributed by atoms with Gasteiger partial charge in [0.15, 0.2) is 29.1 Å². The van der Waals surface area contributed by atoms with E-state index in [1.165, 1.54) is 0 Å². The Bertz CT molecular complexity index is 1390. The molecule has 0 atom stereocenters. The molecule has 1 nitrogen and oxygen atoms in total. The number of benzene rings is 4. The molecule has 8 heteroatoms. The molecule has 0 fully saturated rings. The van der Waals surface area contributed by atoms with Crippen LogP contribution in [0.15, 0.2) is 60.7 Å². The van der Waals surface area contributed by atoms with Gasteiger partial charge in [-0.2, -0.15) is 8.78 Å². The number of fused-ring (bicyclic) bond motifs is 1. The van der Waals surface area contributed by atoms with Gasteiger partial charge in [0.05, 0.1) is 6.42 Å². The monoisotopic (exact) mass is 506 g/mol. The first kappa shape index (κ1) is 25.5. The lowest BCUT2D eigenvalue weighted by atomic mass is 9.97. The molecule has 0 saturated carbocycles. The van der Waals surface area contributed by atoms with Crippen molar-refractivity contribution in [3.63, 3.8) is 0 Å². The van der Waals surface area contributed by atoms with E-state index < -0.39 is 47.4 Å². The molecule has 0 bridgehead atoms. The molecule has 0 aliphatic rings. The number of halogens is 7. The summed E-state index contributed by atoms with van der Waals surface area (Å²) in [6.07, 6.45) is -3.57. The molecule has 0 amide bonds. The van der Waals surface area contributed by atoms with Gasteiger partial charge in [-0.25, -0.2) is 22.0 Å². The van der Waals surface area contributed by atoms with Crippen molar-refractivity contribution in [3.8, 4) is 16.9 Å². The van der Waals surface area contributed by atoms with Gasteiger partial charge in [0.2, 0.25) is 0 Å². The van der Waals surface area contributed by atoms with Crippen LogP contribution in [0.5, 0.6) is 5.75 Å². The molecular formula is C28H21F7O. The highest BCUT2D eigenvalue weighted by molar-refractivity contribution is 5.88. The van der Waals surface area contributed by atoms with Crippen molar-refractivity contribution in [1.29, 1.82) is 0 Å². The van der Waals surface area contributed by atoms with Crippen LogP contribution in [-0.4, -0.2) is 6.11 Å². The van der Waals surface area contributed by atoms with E-state index in [0.29, 0.717) is 52.4 Å². The molecule has 0 aliphatic carbocycles.